The van der Waals surface area contributed by atoms with Crippen LogP contribution in [-0.2, 0) is 16.2 Å². The van der Waals surface area contributed by atoms with Gasteiger partial charge in [-0.25, -0.2) is 0 Å². The summed E-state index contributed by atoms with van der Waals surface area (Å²) in [5, 5.41) is 0. The Hall–Kier alpha value is -6.71. The van der Waals surface area contributed by atoms with Crippen molar-refractivity contribution in [1.29, 1.82) is 0 Å². The van der Waals surface area contributed by atoms with E-state index < -0.39 is 0 Å². The molecule has 0 saturated heterocycles. The molecule has 14 rings (SSSR count). The second kappa shape index (κ2) is 11.4. The van der Waals surface area contributed by atoms with E-state index in [-0.39, 0.29) is 29.7 Å². The first-order valence-corrected chi connectivity index (χ1v) is 22.4. The molecule has 6 aliphatic rings. The number of benzene rings is 8. The van der Waals surface area contributed by atoms with Crippen LogP contribution in [0.25, 0.3) is 0 Å². The van der Waals surface area contributed by atoms with Crippen LogP contribution in [0.15, 0.2) is 164 Å². The Morgan fingerprint density at radius 2 is 0.726 bits per heavy atom. The molecule has 0 unspecified atom stereocenters. The third-order valence-corrected chi connectivity index (χ3v) is 16.0. The van der Waals surface area contributed by atoms with E-state index in [1.165, 1.54) is 117 Å². The fourth-order valence-electron chi connectivity index (χ4n) is 13.1. The molecule has 3 nitrogen and oxygen atoms in total. The molecule has 0 radical (unpaired) electrons. The van der Waals surface area contributed by atoms with Crippen molar-refractivity contribution in [2.24, 2.45) is 0 Å². The van der Waals surface area contributed by atoms with Gasteiger partial charge in [-0.3, -0.25) is 0 Å². The fourth-order valence-corrected chi connectivity index (χ4v) is 13.1. The minimum absolute atomic E-state index is 0.0249. The van der Waals surface area contributed by atoms with E-state index in [4.69, 9.17) is 0 Å². The SMILES string of the molecule is CC1(C)c2ccccc2N(c2cc3c4c(c2)C(C)(C)c2ccc5c6c2N4c2c(ccc4c2N6c2c(cccc2C4(C)C)B5c2ccccc2)B3c2ccccc2)c2ccccc21. The van der Waals surface area contributed by atoms with Crippen LogP contribution >= 0.6 is 0 Å². The zero-order valence-corrected chi connectivity index (χ0v) is 36.1. The summed E-state index contributed by atoms with van der Waals surface area (Å²) in [4.78, 5) is 8.06. The third kappa shape index (κ3) is 3.98. The molecule has 8 aromatic carbocycles. The number of hydrogen-bond acceptors (Lipinski definition) is 3. The molecule has 0 atom stereocenters. The standard InChI is InChI=1S/C57H45B2N3/c1-55(2)37-22-13-15-26-47(37)60(48-27-16-14-23-38(48)55)36-32-42-50-46(33-36)59(35-20-11-8-12-21-35)45-31-28-40-51-54(45)62(50)52-41(57(42,5)6)29-30-44-53(52)61(51)49-39(56(40,3)4)24-17-25-43(49)58(44)34-18-9-7-10-19-34/h7-33H,1-6H3. The molecule has 0 aliphatic carbocycles. The largest absolute Gasteiger partial charge is 0.310 e. The van der Waals surface area contributed by atoms with E-state index in [9.17, 15) is 0 Å². The van der Waals surface area contributed by atoms with Crippen molar-refractivity contribution in [2.75, 3.05) is 14.7 Å². The summed E-state index contributed by atoms with van der Waals surface area (Å²) in [5.41, 5.74) is 27.6. The topological polar surface area (TPSA) is 9.72 Å². The van der Waals surface area contributed by atoms with Crippen molar-refractivity contribution in [3.8, 4) is 0 Å². The monoisotopic (exact) mass is 793 g/mol. The third-order valence-electron chi connectivity index (χ3n) is 16.0. The van der Waals surface area contributed by atoms with Crippen LogP contribution < -0.4 is 47.5 Å². The van der Waals surface area contributed by atoms with Gasteiger partial charge in [0, 0.05) is 33.3 Å². The average molecular weight is 794 g/mol. The smallest absolute Gasteiger partial charge is 0.246 e. The van der Waals surface area contributed by atoms with Gasteiger partial charge in [-0.15, -0.1) is 0 Å². The molecule has 8 aromatic rings. The highest BCUT2D eigenvalue weighted by atomic mass is 15.3. The van der Waals surface area contributed by atoms with Gasteiger partial charge in [-0.2, -0.15) is 0 Å². The molecule has 6 heterocycles. The number of fused-ring (bicyclic) bond motifs is 2. The fraction of sp³-hybridized carbons (Fsp3) is 0.158. The second-order valence-corrected chi connectivity index (χ2v) is 20.1. The maximum Gasteiger partial charge on any atom is 0.246 e. The molecule has 0 fully saturated rings. The van der Waals surface area contributed by atoms with Crippen LogP contribution in [0.1, 0.15) is 74.9 Å². The summed E-state index contributed by atoms with van der Waals surface area (Å²) in [6.45, 7) is 14.8. The van der Waals surface area contributed by atoms with Crippen LogP contribution in [-0.4, -0.2) is 13.4 Å². The maximum absolute atomic E-state index is 2.76. The molecule has 0 bridgehead atoms. The normalized spacial score (nSPS) is 17.4. The van der Waals surface area contributed by atoms with Crippen molar-refractivity contribution < 1.29 is 0 Å². The van der Waals surface area contributed by atoms with E-state index in [0.29, 0.717) is 0 Å². The van der Waals surface area contributed by atoms with Crippen LogP contribution in [0.5, 0.6) is 0 Å². The van der Waals surface area contributed by atoms with E-state index in [1.807, 2.05) is 0 Å². The quantitative estimate of drug-likeness (QED) is 0.165. The van der Waals surface area contributed by atoms with Gasteiger partial charge in [0.25, 0.3) is 0 Å². The van der Waals surface area contributed by atoms with Gasteiger partial charge in [0.15, 0.2) is 0 Å². The lowest BCUT2D eigenvalue weighted by molar-refractivity contribution is 0.623. The predicted octanol–water partition coefficient (Wildman–Crippen LogP) is 9.99. The van der Waals surface area contributed by atoms with Gasteiger partial charge in [0.05, 0.1) is 34.1 Å². The van der Waals surface area contributed by atoms with Gasteiger partial charge in [0.2, 0.25) is 13.4 Å². The molecule has 0 aromatic heterocycles. The van der Waals surface area contributed by atoms with Gasteiger partial charge in [-0.1, -0.05) is 192 Å². The molecular formula is C57H45B2N3. The molecule has 62 heavy (non-hydrogen) atoms. The summed E-state index contributed by atoms with van der Waals surface area (Å²) in [7, 11) is 0. The highest BCUT2D eigenvalue weighted by Crippen LogP contribution is 2.66. The maximum atomic E-state index is 2.76. The van der Waals surface area contributed by atoms with E-state index in [2.05, 4.69) is 220 Å². The van der Waals surface area contributed by atoms with Crippen LogP contribution in [0.3, 0.4) is 0 Å². The molecule has 5 heteroatoms. The van der Waals surface area contributed by atoms with Gasteiger partial charge >= 0.3 is 0 Å². The lowest BCUT2D eigenvalue weighted by Crippen LogP contribution is -2.63. The number of nitrogens with zero attached hydrogens (tertiary/aromatic N) is 3. The van der Waals surface area contributed by atoms with Gasteiger partial charge in [0.1, 0.15) is 0 Å². The molecule has 0 saturated carbocycles. The number of anilines is 9. The molecule has 0 N–H and O–H groups in total. The van der Waals surface area contributed by atoms with Crippen LogP contribution in [0.4, 0.5) is 51.2 Å². The first kappa shape index (κ1) is 34.9. The van der Waals surface area contributed by atoms with E-state index in [1.54, 1.807) is 0 Å². The minimum atomic E-state index is -0.319. The molecule has 294 valence electrons. The first-order valence-electron chi connectivity index (χ1n) is 22.4. The minimum Gasteiger partial charge on any atom is -0.310 e. The van der Waals surface area contributed by atoms with Crippen molar-refractivity contribution in [2.45, 2.75) is 57.8 Å². The Kier molecular flexibility index (Phi) is 6.43. The lowest BCUT2D eigenvalue weighted by Gasteiger charge is -2.57. The molecular weight excluding hydrogens is 748 g/mol. The Labute approximate surface area is 365 Å². The summed E-state index contributed by atoms with van der Waals surface area (Å²) >= 11 is 0. The molecule has 0 amide bonds. The van der Waals surface area contributed by atoms with Gasteiger partial charge in [-0.05, 0) is 79.5 Å². The zero-order valence-electron chi connectivity index (χ0n) is 36.1. The van der Waals surface area contributed by atoms with Crippen molar-refractivity contribution in [3.05, 3.63) is 197 Å². The summed E-state index contributed by atoms with van der Waals surface area (Å²) in [6.07, 6.45) is 0. The zero-order chi connectivity index (χ0) is 41.6. The van der Waals surface area contributed by atoms with Crippen molar-refractivity contribution >= 4 is 97.4 Å². The highest BCUT2D eigenvalue weighted by molar-refractivity contribution is 6.99. The first-order chi connectivity index (χ1) is 30.1. The Morgan fingerprint density at radius 1 is 0.306 bits per heavy atom. The predicted molar refractivity (Wildman–Crippen MR) is 263 cm³/mol. The average Bonchev–Trinajstić information content (AvgIpc) is 3.29. The molecule has 0 spiro atoms. The Balaban J connectivity index is 1.13. The second-order valence-electron chi connectivity index (χ2n) is 20.1. The number of hydrogen-bond donors (Lipinski definition) is 0. The lowest BCUT2D eigenvalue weighted by atomic mass is 9.33. The van der Waals surface area contributed by atoms with Crippen LogP contribution in [0.2, 0.25) is 0 Å². The highest BCUT2D eigenvalue weighted by Gasteiger charge is 2.56. The summed E-state index contributed by atoms with van der Waals surface area (Å²) < 4.78 is 0. The van der Waals surface area contributed by atoms with E-state index in [0.717, 1.165) is 0 Å². The Bertz CT molecular complexity index is 3260. The van der Waals surface area contributed by atoms with E-state index >= 15 is 0 Å². The van der Waals surface area contributed by atoms with Crippen molar-refractivity contribution in [1.82, 2.24) is 0 Å². The van der Waals surface area contributed by atoms with Gasteiger partial charge < -0.3 is 14.7 Å². The number of para-hydroxylation sites is 3. The summed E-state index contributed by atoms with van der Waals surface area (Å²) in [6, 6.07) is 63.0. The summed E-state index contributed by atoms with van der Waals surface area (Å²) in [5.74, 6) is 0. The molecule has 6 aliphatic heterocycles. The Morgan fingerprint density at radius 3 is 1.29 bits per heavy atom. The van der Waals surface area contributed by atoms with Crippen LogP contribution in [0, 0.1) is 0 Å². The number of rotatable bonds is 3. The van der Waals surface area contributed by atoms with Crippen molar-refractivity contribution in [3.63, 3.8) is 0 Å².